The molecule has 3 saturated carbocycles. The SMILES string of the molecule is CCC(=O)O[C@H]1CC[C@@]2(C)C(=CC[C@@H]3[C@@H]2CC[C@]2(C)C([C@H](C)CCCC(C)C)CC[C@@H]32)C1. The second kappa shape index (κ2) is 9.46. The zero-order valence-corrected chi connectivity index (χ0v) is 21.9. The number of hydrogen-bond donors (Lipinski definition) is 0. The summed E-state index contributed by atoms with van der Waals surface area (Å²) < 4.78 is 5.76. The molecule has 0 amide bonds. The molecular formula is C30H50O2. The van der Waals surface area contributed by atoms with Gasteiger partial charge in [-0.15, -0.1) is 0 Å². The third-order valence-corrected chi connectivity index (χ3v) is 10.8. The van der Waals surface area contributed by atoms with Gasteiger partial charge in [-0.25, -0.2) is 0 Å². The molecule has 2 nitrogen and oxygen atoms in total. The molecule has 0 bridgehead atoms. The van der Waals surface area contributed by atoms with Crippen molar-refractivity contribution in [2.75, 3.05) is 0 Å². The summed E-state index contributed by atoms with van der Waals surface area (Å²) in [7, 11) is 0. The van der Waals surface area contributed by atoms with Gasteiger partial charge in [0.1, 0.15) is 6.10 Å². The normalized spacial score (nSPS) is 42.0. The smallest absolute Gasteiger partial charge is 0.305 e. The Morgan fingerprint density at radius 1 is 1.06 bits per heavy atom. The largest absolute Gasteiger partial charge is 0.462 e. The van der Waals surface area contributed by atoms with Crippen LogP contribution < -0.4 is 0 Å². The molecule has 32 heavy (non-hydrogen) atoms. The van der Waals surface area contributed by atoms with E-state index in [1.54, 1.807) is 5.57 Å². The van der Waals surface area contributed by atoms with E-state index >= 15 is 0 Å². The summed E-state index contributed by atoms with van der Waals surface area (Å²) in [6, 6.07) is 0. The molecule has 0 spiro atoms. The summed E-state index contributed by atoms with van der Waals surface area (Å²) in [5, 5.41) is 0. The molecule has 0 aliphatic heterocycles. The Hall–Kier alpha value is -0.790. The highest BCUT2D eigenvalue weighted by Gasteiger charge is 2.59. The summed E-state index contributed by atoms with van der Waals surface area (Å²) in [5.41, 5.74) is 2.54. The molecule has 0 aromatic rings. The van der Waals surface area contributed by atoms with Crippen LogP contribution in [0.4, 0.5) is 0 Å². The number of fused-ring (bicyclic) bond motifs is 5. The monoisotopic (exact) mass is 442 g/mol. The van der Waals surface area contributed by atoms with Crippen LogP contribution in [0, 0.1) is 46.3 Å². The third kappa shape index (κ3) is 4.34. The van der Waals surface area contributed by atoms with Crippen LogP contribution >= 0.6 is 0 Å². The van der Waals surface area contributed by atoms with Crippen molar-refractivity contribution in [3.8, 4) is 0 Å². The van der Waals surface area contributed by atoms with Crippen molar-refractivity contribution in [3.05, 3.63) is 11.6 Å². The maximum Gasteiger partial charge on any atom is 0.305 e. The van der Waals surface area contributed by atoms with Crippen LogP contribution in [0.2, 0.25) is 0 Å². The Morgan fingerprint density at radius 2 is 1.84 bits per heavy atom. The van der Waals surface area contributed by atoms with Gasteiger partial charge in [0.2, 0.25) is 0 Å². The Kier molecular flexibility index (Phi) is 7.19. The fourth-order valence-electron chi connectivity index (χ4n) is 9.02. The lowest BCUT2D eigenvalue weighted by atomic mass is 9.47. The molecule has 182 valence electrons. The molecule has 0 N–H and O–H groups in total. The fourth-order valence-corrected chi connectivity index (χ4v) is 9.02. The van der Waals surface area contributed by atoms with Crippen molar-refractivity contribution in [2.24, 2.45) is 46.3 Å². The zero-order valence-electron chi connectivity index (χ0n) is 21.9. The maximum atomic E-state index is 11.9. The van der Waals surface area contributed by atoms with Crippen LogP contribution in [0.25, 0.3) is 0 Å². The van der Waals surface area contributed by atoms with Crippen LogP contribution in [0.3, 0.4) is 0 Å². The van der Waals surface area contributed by atoms with Crippen LogP contribution in [0.1, 0.15) is 119 Å². The highest BCUT2D eigenvalue weighted by Crippen LogP contribution is 2.67. The van der Waals surface area contributed by atoms with Crippen molar-refractivity contribution >= 4 is 5.97 Å². The van der Waals surface area contributed by atoms with E-state index in [0.29, 0.717) is 17.3 Å². The van der Waals surface area contributed by atoms with Gasteiger partial charge in [-0.05, 0) is 91.3 Å². The first-order valence-corrected chi connectivity index (χ1v) is 14.1. The zero-order chi connectivity index (χ0) is 23.1. The first-order valence-electron chi connectivity index (χ1n) is 14.1. The summed E-state index contributed by atoms with van der Waals surface area (Å²) >= 11 is 0. The Morgan fingerprint density at radius 3 is 2.56 bits per heavy atom. The first kappa shape index (κ1) is 24.3. The topological polar surface area (TPSA) is 26.3 Å². The lowest BCUT2D eigenvalue weighted by Crippen LogP contribution is -2.51. The lowest BCUT2D eigenvalue weighted by molar-refractivity contribution is -0.151. The van der Waals surface area contributed by atoms with Crippen molar-refractivity contribution in [2.45, 2.75) is 125 Å². The number of hydrogen-bond acceptors (Lipinski definition) is 2. The minimum absolute atomic E-state index is 0.0270. The molecule has 0 radical (unpaired) electrons. The second-order valence-corrected chi connectivity index (χ2v) is 13.0. The van der Waals surface area contributed by atoms with Gasteiger partial charge >= 0.3 is 5.97 Å². The van der Waals surface area contributed by atoms with E-state index in [-0.39, 0.29) is 12.1 Å². The van der Waals surface area contributed by atoms with Crippen molar-refractivity contribution in [1.82, 2.24) is 0 Å². The quantitative estimate of drug-likeness (QED) is 0.292. The minimum atomic E-state index is -0.0270. The first-order chi connectivity index (χ1) is 15.2. The highest BCUT2D eigenvalue weighted by atomic mass is 16.5. The van der Waals surface area contributed by atoms with Gasteiger partial charge in [0.15, 0.2) is 0 Å². The number of carbonyl (C=O) groups excluding carboxylic acids is 1. The van der Waals surface area contributed by atoms with Crippen LogP contribution in [-0.4, -0.2) is 12.1 Å². The van der Waals surface area contributed by atoms with Gasteiger partial charge in [0.25, 0.3) is 0 Å². The van der Waals surface area contributed by atoms with E-state index in [1.165, 1.54) is 57.8 Å². The van der Waals surface area contributed by atoms with Crippen LogP contribution in [0.5, 0.6) is 0 Å². The van der Waals surface area contributed by atoms with Gasteiger partial charge in [-0.3, -0.25) is 4.79 Å². The minimum Gasteiger partial charge on any atom is -0.462 e. The molecule has 3 fully saturated rings. The molecule has 4 rings (SSSR count). The molecule has 0 aromatic carbocycles. The molecule has 4 aliphatic carbocycles. The summed E-state index contributed by atoms with van der Waals surface area (Å²) in [4.78, 5) is 11.9. The van der Waals surface area contributed by atoms with Crippen molar-refractivity contribution in [1.29, 1.82) is 0 Å². The van der Waals surface area contributed by atoms with Gasteiger partial charge in [-0.2, -0.15) is 0 Å². The van der Waals surface area contributed by atoms with E-state index in [4.69, 9.17) is 4.74 Å². The Labute approximate surface area is 198 Å². The van der Waals surface area contributed by atoms with E-state index in [0.717, 1.165) is 48.3 Å². The predicted octanol–water partition coefficient (Wildman–Crippen LogP) is 8.35. The van der Waals surface area contributed by atoms with Crippen molar-refractivity contribution in [3.63, 3.8) is 0 Å². The summed E-state index contributed by atoms with van der Waals surface area (Å²) in [5.74, 6) is 5.28. The number of rotatable bonds is 7. The van der Waals surface area contributed by atoms with E-state index < -0.39 is 0 Å². The second-order valence-electron chi connectivity index (χ2n) is 13.0. The molecule has 2 heteroatoms. The number of ether oxygens (including phenoxy) is 1. The van der Waals surface area contributed by atoms with Gasteiger partial charge in [0, 0.05) is 12.8 Å². The molecule has 0 saturated heterocycles. The number of carbonyl (C=O) groups is 1. The molecule has 0 heterocycles. The average molecular weight is 443 g/mol. The van der Waals surface area contributed by atoms with Gasteiger partial charge in [-0.1, -0.05) is 72.5 Å². The molecule has 1 unspecified atom stereocenters. The van der Waals surface area contributed by atoms with Gasteiger partial charge in [0.05, 0.1) is 0 Å². The van der Waals surface area contributed by atoms with E-state index in [1.807, 2.05) is 6.92 Å². The predicted molar refractivity (Wildman–Crippen MR) is 133 cm³/mol. The lowest BCUT2D eigenvalue weighted by Gasteiger charge is -2.58. The maximum absolute atomic E-state index is 11.9. The molecular weight excluding hydrogens is 392 g/mol. The van der Waals surface area contributed by atoms with Crippen LogP contribution in [-0.2, 0) is 9.53 Å². The van der Waals surface area contributed by atoms with E-state index in [2.05, 4.69) is 40.7 Å². The summed E-state index contributed by atoms with van der Waals surface area (Å²) in [6.07, 6.45) is 17.8. The number of allylic oxidation sites excluding steroid dienone is 1. The Bertz CT molecular complexity index is 708. The number of esters is 1. The summed E-state index contributed by atoms with van der Waals surface area (Å²) in [6.45, 7) is 14.5. The molecule has 8 atom stereocenters. The average Bonchev–Trinajstić information content (AvgIpc) is 3.11. The Balaban J connectivity index is 1.45. The van der Waals surface area contributed by atoms with Crippen molar-refractivity contribution < 1.29 is 9.53 Å². The molecule has 4 aliphatic rings. The molecule has 0 aromatic heterocycles. The third-order valence-electron chi connectivity index (χ3n) is 10.8. The van der Waals surface area contributed by atoms with E-state index in [9.17, 15) is 4.79 Å². The van der Waals surface area contributed by atoms with Crippen LogP contribution in [0.15, 0.2) is 11.6 Å². The highest BCUT2D eigenvalue weighted by molar-refractivity contribution is 5.69. The van der Waals surface area contributed by atoms with Gasteiger partial charge < -0.3 is 4.74 Å². The fraction of sp³-hybridized carbons (Fsp3) is 0.900. The standard InChI is InChI=1S/C30H50O2/c1-7-28(31)32-23-15-17-29(5)22(19-23)11-12-24-26-14-13-25(21(4)10-8-9-20(2)3)30(26,6)18-16-27(24)29/h11,20-21,23-27H,7-10,12-19H2,1-6H3/t21-,23+,24+,25?,26+,27+,29+,30-/m1/s1.